The molecule has 0 spiro atoms. The molecule has 1 fully saturated rings. The van der Waals surface area contributed by atoms with Gasteiger partial charge in [0, 0.05) is 22.9 Å². The van der Waals surface area contributed by atoms with Gasteiger partial charge in [0.05, 0.1) is 18.1 Å². The van der Waals surface area contributed by atoms with E-state index < -0.39 is 0 Å². The first-order valence-corrected chi connectivity index (χ1v) is 10.6. The summed E-state index contributed by atoms with van der Waals surface area (Å²) < 4.78 is 10.7. The molecule has 3 heterocycles. The first-order chi connectivity index (χ1) is 15.0. The van der Waals surface area contributed by atoms with E-state index in [1.54, 1.807) is 19.2 Å². The zero-order valence-electron chi connectivity index (χ0n) is 17.8. The number of hydrogen-bond acceptors (Lipinski definition) is 5. The predicted molar refractivity (Wildman–Crippen MR) is 120 cm³/mol. The van der Waals surface area contributed by atoms with Gasteiger partial charge in [0.25, 0.3) is 11.9 Å². The number of carbonyl (C=O) groups is 1. The number of nitrogens with zero attached hydrogens (tertiary/aromatic N) is 2. The lowest BCUT2D eigenvalue weighted by molar-refractivity contribution is -0.112. The van der Waals surface area contributed by atoms with E-state index in [2.05, 4.69) is 33.2 Å². The van der Waals surface area contributed by atoms with Crippen LogP contribution in [0.25, 0.3) is 22.6 Å². The van der Waals surface area contributed by atoms with Crippen molar-refractivity contribution >= 4 is 22.6 Å². The highest BCUT2D eigenvalue weighted by Crippen LogP contribution is 2.31. The maximum atomic E-state index is 12.8. The minimum absolute atomic E-state index is 0.0139. The predicted octanol–water partition coefficient (Wildman–Crippen LogP) is 4.51. The molecule has 7 heteroatoms. The van der Waals surface area contributed by atoms with Crippen molar-refractivity contribution in [2.75, 3.05) is 25.5 Å². The summed E-state index contributed by atoms with van der Waals surface area (Å²) in [5.74, 6) is 1.53. The normalized spacial score (nSPS) is 21.4. The molecule has 7 nitrogen and oxygen atoms in total. The number of anilines is 1. The average molecular weight is 418 g/mol. The van der Waals surface area contributed by atoms with E-state index in [9.17, 15) is 4.79 Å². The number of benzene rings is 1. The summed E-state index contributed by atoms with van der Waals surface area (Å²) in [5, 5.41) is 3.00. The molecular formula is C24H26N4O3. The summed E-state index contributed by atoms with van der Waals surface area (Å²) in [4.78, 5) is 23.1. The smallest absolute Gasteiger partial charge is 0.284 e. The molecule has 2 aliphatic rings. The Hall–Kier alpha value is -3.32. The number of likely N-dealkylation sites (tertiary alicyclic amines) is 1. The molecule has 31 heavy (non-hydrogen) atoms. The molecule has 0 saturated carbocycles. The minimum atomic E-state index is -0.102. The van der Waals surface area contributed by atoms with Crippen molar-refractivity contribution in [3.8, 4) is 17.5 Å². The van der Waals surface area contributed by atoms with Crippen molar-refractivity contribution in [2.24, 2.45) is 0 Å². The third kappa shape index (κ3) is 3.77. The van der Waals surface area contributed by atoms with Crippen LogP contribution in [0.5, 0.6) is 5.95 Å². The molecule has 0 bridgehead atoms. The third-order valence-corrected chi connectivity index (χ3v) is 6.20. The van der Waals surface area contributed by atoms with E-state index >= 15 is 0 Å². The Balaban J connectivity index is 1.29. The summed E-state index contributed by atoms with van der Waals surface area (Å²) >= 11 is 0. The van der Waals surface area contributed by atoms with Crippen molar-refractivity contribution in [1.82, 2.24) is 14.9 Å². The molecule has 2 N–H and O–H groups in total. The molecule has 1 atom stereocenters. The van der Waals surface area contributed by atoms with Crippen molar-refractivity contribution < 1.29 is 13.9 Å². The van der Waals surface area contributed by atoms with Crippen molar-refractivity contribution in [1.29, 1.82) is 0 Å². The number of ether oxygens (including phenoxy) is 1. The lowest BCUT2D eigenvalue weighted by atomic mass is 9.88. The van der Waals surface area contributed by atoms with Gasteiger partial charge >= 0.3 is 0 Å². The average Bonchev–Trinajstić information content (AvgIpc) is 3.54. The second-order valence-electron chi connectivity index (χ2n) is 8.34. The zero-order chi connectivity index (χ0) is 21.4. The number of amides is 1. The first-order valence-electron chi connectivity index (χ1n) is 10.6. The highest BCUT2D eigenvalue weighted by Gasteiger charge is 2.32. The number of rotatable bonds is 5. The van der Waals surface area contributed by atoms with Crippen molar-refractivity contribution in [3.63, 3.8) is 0 Å². The Bertz CT molecular complexity index is 1180. The second kappa shape index (κ2) is 7.74. The number of hydrogen-bond donors (Lipinski definition) is 2. The molecule has 0 radical (unpaired) electrons. The van der Waals surface area contributed by atoms with Crippen LogP contribution >= 0.6 is 0 Å². The van der Waals surface area contributed by atoms with Gasteiger partial charge in [-0.25, -0.2) is 4.98 Å². The van der Waals surface area contributed by atoms with Crippen LogP contribution in [0, 0.1) is 0 Å². The fraction of sp³-hybridized carbons (Fsp3) is 0.333. The van der Waals surface area contributed by atoms with Crippen LogP contribution in [-0.4, -0.2) is 46.5 Å². The van der Waals surface area contributed by atoms with Crippen LogP contribution in [0.3, 0.4) is 0 Å². The fourth-order valence-corrected chi connectivity index (χ4v) is 4.32. The van der Waals surface area contributed by atoms with E-state index in [0.717, 1.165) is 30.5 Å². The number of methoxy groups -OCH3 is 1. The van der Waals surface area contributed by atoms with Gasteiger partial charge in [-0.15, -0.1) is 0 Å². The van der Waals surface area contributed by atoms with Gasteiger partial charge in [0.15, 0.2) is 11.6 Å². The molecule has 1 aliphatic carbocycles. The van der Waals surface area contributed by atoms with Gasteiger partial charge in [-0.1, -0.05) is 18.2 Å². The SMILES string of the molecule is COc1ccc(-c2nc3ccc(NC(=O)C4=CCC(C)(N5CCCC5)C=C4)cc3[nH]2)o1. The summed E-state index contributed by atoms with van der Waals surface area (Å²) in [6.07, 6.45) is 9.54. The van der Waals surface area contributed by atoms with Crippen LogP contribution in [0.1, 0.15) is 26.2 Å². The number of carbonyl (C=O) groups excluding carboxylic acids is 1. The van der Waals surface area contributed by atoms with Gasteiger partial charge in [0.1, 0.15) is 0 Å². The summed E-state index contributed by atoms with van der Waals surface area (Å²) in [6.45, 7) is 4.51. The fourth-order valence-electron chi connectivity index (χ4n) is 4.32. The van der Waals surface area contributed by atoms with E-state index in [1.807, 2.05) is 30.4 Å². The number of fused-ring (bicyclic) bond motifs is 1. The van der Waals surface area contributed by atoms with Crippen molar-refractivity contribution in [2.45, 2.75) is 31.7 Å². The molecule has 5 rings (SSSR count). The molecule has 1 amide bonds. The summed E-state index contributed by atoms with van der Waals surface area (Å²) in [5.41, 5.74) is 3.04. The third-order valence-electron chi connectivity index (χ3n) is 6.20. The topological polar surface area (TPSA) is 83.4 Å². The van der Waals surface area contributed by atoms with Crippen LogP contribution in [-0.2, 0) is 4.79 Å². The number of nitrogens with one attached hydrogen (secondary N) is 2. The van der Waals surface area contributed by atoms with E-state index in [1.165, 1.54) is 12.8 Å². The summed E-state index contributed by atoms with van der Waals surface area (Å²) in [7, 11) is 1.56. The Labute approximate surface area is 180 Å². The second-order valence-corrected chi connectivity index (χ2v) is 8.34. The molecule has 1 saturated heterocycles. The Morgan fingerprint density at radius 3 is 2.81 bits per heavy atom. The quantitative estimate of drug-likeness (QED) is 0.637. The molecular weight excluding hydrogens is 392 g/mol. The number of aromatic amines is 1. The lowest BCUT2D eigenvalue weighted by Gasteiger charge is -2.37. The monoisotopic (exact) mass is 418 g/mol. The van der Waals surface area contributed by atoms with E-state index in [0.29, 0.717) is 28.8 Å². The first kappa shape index (κ1) is 19.6. The molecule has 2 aromatic heterocycles. The minimum Gasteiger partial charge on any atom is -0.468 e. The number of imidazole rings is 1. The highest BCUT2D eigenvalue weighted by atomic mass is 16.6. The Kier molecular flexibility index (Phi) is 4.90. The Morgan fingerprint density at radius 1 is 1.26 bits per heavy atom. The largest absolute Gasteiger partial charge is 0.468 e. The lowest BCUT2D eigenvalue weighted by Crippen LogP contribution is -2.43. The van der Waals surface area contributed by atoms with Gasteiger partial charge in [-0.3, -0.25) is 9.69 Å². The van der Waals surface area contributed by atoms with Crippen molar-refractivity contribution in [3.05, 3.63) is 54.1 Å². The molecule has 1 aromatic carbocycles. The van der Waals surface area contributed by atoms with E-state index in [4.69, 9.17) is 9.15 Å². The number of aromatic nitrogens is 2. The van der Waals surface area contributed by atoms with Crippen LogP contribution in [0.2, 0.25) is 0 Å². The number of furan rings is 1. The highest BCUT2D eigenvalue weighted by molar-refractivity contribution is 6.06. The maximum absolute atomic E-state index is 12.8. The molecule has 1 unspecified atom stereocenters. The van der Waals surface area contributed by atoms with Gasteiger partial charge in [-0.05, 0) is 63.5 Å². The molecule has 160 valence electrons. The maximum Gasteiger partial charge on any atom is 0.284 e. The zero-order valence-corrected chi connectivity index (χ0v) is 17.8. The Morgan fingerprint density at radius 2 is 2.10 bits per heavy atom. The number of H-pyrrole nitrogens is 1. The molecule has 3 aromatic rings. The van der Waals surface area contributed by atoms with Crippen LogP contribution in [0.15, 0.2) is 58.6 Å². The van der Waals surface area contributed by atoms with Gasteiger partial charge in [0.2, 0.25) is 0 Å². The van der Waals surface area contributed by atoms with Gasteiger partial charge in [-0.2, -0.15) is 0 Å². The van der Waals surface area contributed by atoms with Crippen LogP contribution < -0.4 is 10.1 Å². The van der Waals surface area contributed by atoms with Gasteiger partial charge < -0.3 is 19.5 Å². The summed E-state index contributed by atoms with van der Waals surface area (Å²) in [6, 6.07) is 9.16. The van der Waals surface area contributed by atoms with E-state index in [-0.39, 0.29) is 11.4 Å². The van der Waals surface area contributed by atoms with Crippen LogP contribution in [0.4, 0.5) is 5.69 Å². The standard InChI is InChI=1S/C24H26N4O3/c1-24(28-13-3-4-14-28)11-9-16(10-12-24)23(29)25-17-5-6-18-19(15-17)27-22(26-18)20-7-8-21(30-2)31-20/h5-11,15H,3-4,12-14H2,1-2H3,(H,25,29)(H,26,27). The molecule has 1 aliphatic heterocycles.